The summed E-state index contributed by atoms with van der Waals surface area (Å²) in [7, 11) is 0. The molecule has 1 atom stereocenters. The molecule has 1 saturated carbocycles. The molecule has 5 rings (SSSR count). The normalized spacial score (nSPS) is 13.5. The summed E-state index contributed by atoms with van der Waals surface area (Å²) in [5, 5.41) is 13.2. The van der Waals surface area contributed by atoms with Crippen molar-refractivity contribution in [3.63, 3.8) is 0 Å². The number of para-hydroxylation sites is 2. The van der Waals surface area contributed by atoms with E-state index in [0.717, 1.165) is 42.3 Å². The Labute approximate surface area is 255 Å². The van der Waals surface area contributed by atoms with Crippen molar-refractivity contribution in [2.24, 2.45) is 5.92 Å². The van der Waals surface area contributed by atoms with Gasteiger partial charge in [0.25, 0.3) is 0 Å². The molecule has 1 aliphatic carbocycles. The van der Waals surface area contributed by atoms with Gasteiger partial charge in [0.2, 0.25) is 0 Å². The van der Waals surface area contributed by atoms with Gasteiger partial charge >= 0.3 is 5.97 Å². The second-order valence-corrected chi connectivity index (χ2v) is 11.4. The second kappa shape index (κ2) is 15.1. The van der Waals surface area contributed by atoms with Crippen LogP contribution in [0.1, 0.15) is 42.4 Å². The first-order valence-electron chi connectivity index (χ1n) is 15.3. The van der Waals surface area contributed by atoms with E-state index < -0.39 is 12.0 Å². The van der Waals surface area contributed by atoms with Gasteiger partial charge in [-0.05, 0) is 79.6 Å². The van der Waals surface area contributed by atoms with Crippen molar-refractivity contribution >= 4 is 17.3 Å². The van der Waals surface area contributed by atoms with E-state index >= 15 is 0 Å². The van der Waals surface area contributed by atoms with E-state index in [9.17, 15) is 9.90 Å². The zero-order valence-corrected chi connectivity index (χ0v) is 25.0. The van der Waals surface area contributed by atoms with E-state index in [0.29, 0.717) is 31.1 Å². The number of carboxylic acid groups (broad SMARTS) is 1. The molecular formula is C37H42N2O4. The zero-order chi connectivity index (χ0) is 29.9. The molecule has 6 heteroatoms. The van der Waals surface area contributed by atoms with Crippen molar-refractivity contribution in [3.05, 3.63) is 120 Å². The van der Waals surface area contributed by atoms with Crippen molar-refractivity contribution in [3.8, 4) is 11.5 Å². The predicted molar refractivity (Wildman–Crippen MR) is 173 cm³/mol. The summed E-state index contributed by atoms with van der Waals surface area (Å²) in [6.45, 7) is 5.23. The summed E-state index contributed by atoms with van der Waals surface area (Å²) in [6.07, 6.45) is 5.27. The summed E-state index contributed by atoms with van der Waals surface area (Å²) < 4.78 is 12.1. The maximum Gasteiger partial charge on any atom is 0.326 e. The number of nitrogens with one attached hydrogen (secondary N) is 1. The van der Waals surface area contributed by atoms with Crippen LogP contribution in [0.15, 0.2) is 103 Å². The Hall–Kier alpha value is -4.45. The molecule has 4 aromatic carbocycles. The van der Waals surface area contributed by atoms with Gasteiger partial charge in [-0.2, -0.15) is 0 Å². The van der Waals surface area contributed by atoms with Crippen LogP contribution in [0.2, 0.25) is 0 Å². The van der Waals surface area contributed by atoms with E-state index in [4.69, 9.17) is 9.47 Å². The first kappa shape index (κ1) is 30.0. The van der Waals surface area contributed by atoms with E-state index in [1.165, 1.54) is 30.5 Å². The molecule has 6 nitrogen and oxygen atoms in total. The van der Waals surface area contributed by atoms with E-state index in [1.807, 2.05) is 78.9 Å². The molecule has 1 fully saturated rings. The summed E-state index contributed by atoms with van der Waals surface area (Å²) in [5.74, 6) is 1.30. The number of nitrogens with zero attached hydrogens (tertiary/aromatic N) is 1. The molecule has 4 aromatic rings. The number of benzene rings is 4. The van der Waals surface area contributed by atoms with Crippen molar-refractivity contribution in [2.75, 3.05) is 29.9 Å². The molecule has 0 bridgehead atoms. The van der Waals surface area contributed by atoms with Gasteiger partial charge in [-0.15, -0.1) is 0 Å². The van der Waals surface area contributed by atoms with E-state index in [1.54, 1.807) is 0 Å². The number of rotatable bonds is 16. The second-order valence-electron chi connectivity index (χ2n) is 11.4. The highest BCUT2D eigenvalue weighted by Gasteiger charge is 2.21. The number of ether oxygens (including phenoxy) is 2. The minimum atomic E-state index is -0.918. The molecule has 0 radical (unpaired) electrons. The molecular weight excluding hydrogens is 536 g/mol. The summed E-state index contributed by atoms with van der Waals surface area (Å²) in [4.78, 5) is 14.7. The molecule has 0 saturated heterocycles. The minimum absolute atomic E-state index is 0.329. The van der Waals surface area contributed by atoms with Crippen LogP contribution in [0.5, 0.6) is 11.5 Å². The first-order chi connectivity index (χ1) is 21.0. The van der Waals surface area contributed by atoms with Crippen LogP contribution in [-0.2, 0) is 17.8 Å². The van der Waals surface area contributed by atoms with Crippen LogP contribution >= 0.6 is 0 Å². The SMILES string of the molecule is Cc1ccc(N(CCCOc2ccc(CC(Nc3ccccc3OCc3ccccc3)C(=O)O)cc2)CC2CCC2)cc1. The lowest BCUT2D eigenvalue weighted by molar-refractivity contribution is -0.137. The monoisotopic (exact) mass is 578 g/mol. The smallest absolute Gasteiger partial charge is 0.326 e. The largest absolute Gasteiger partial charge is 0.494 e. The van der Waals surface area contributed by atoms with Crippen LogP contribution in [0.4, 0.5) is 11.4 Å². The molecule has 0 aromatic heterocycles. The first-order valence-corrected chi connectivity index (χ1v) is 15.3. The fraction of sp³-hybridized carbons (Fsp3) is 0.324. The predicted octanol–water partition coefficient (Wildman–Crippen LogP) is 7.76. The van der Waals surface area contributed by atoms with Crippen molar-refractivity contribution in [1.29, 1.82) is 0 Å². The standard InChI is InChI=1S/C37H42N2O4/c1-28-15-19-32(20-16-28)39(26-30-11-7-12-30)23-8-24-42-33-21-17-29(18-22-33)25-35(37(40)41)38-34-13-5-6-14-36(34)43-27-31-9-3-2-4-10-31/h2-6,9-10,13-22,30,35,38H,7-8,11-12,23-27H2,1H3,(H,40,41). The number of anilines is 2. The highest BCUT2D eigenvalue weighted by molar-refractivity contribution is 5.78. The van der Waals surface area contributed by atoms with Gasteiger partial charge in [-0.1, -0.05) is 78.7 Å². The van der Waals surface area contributed by atoms with Gasteiger partial charge in [0, 0.05) is 25.2 Å². The average molecular weight is 579 g/mol. The van der Waals surface area contributed by atoms with Crippen LogP contribution in [0.3, 0.4) is 0 Å². The van der Waals surface area contributed by atoms with Crippen LogP contribution in [0, 0.1) is 12.8 Å². The lowest BCUT2D eigenvalue weighted by Crippen LogP contribution is -2.34. The van der Waals surface area contributed by atoms with Gasteiger partial charge in [0.05, 0.1) is 12.3 Å². The van der Waals surface area contributed by atoms with Gasteiger partial charge in [0.1, 0.15) is 24.1 Å². The van der Waals surface area contributed by atoms with Crippen LogP contribution in [0.25, 0.3) is 0 Å². The summed E-state index contributed by atoms with van der Waals surface area (Å²) >= 11 is 0. The van der Waals surface area contributed by atoms with Crippen molar-refractivity contribution in [2.45, 2.75) is 51.7 Å². The van der Waals surface area contributed by atoms with Crippen molar-refractivity contribution < 1.29 is 19.4 Å². The number of carbonyl (C=O) groups is 1. The Bertz CT molecular complexity index is 1420. The highest BCUT2D eigenvalue weighted by atomic mass is 16.5. The lowest BCUT2D eigenvalue weighted by Gasteiger charge is -2.34. The molecule has 0 spiro atoms. The molecule has 0 heterocycles. The Kier molecular flexibility index (Phi) is 10.6. The number of carboxylic acids is 1. The topological polar surface area (TPSA) is 71.0 Å². The maximum absolute atomic E-state index is 12.2. The Morgan fingerprint density at radius 1 is 0.884 bits per heavy atom. The molecule has 1 aliphatic rings. The average Bonchev–Trinajstić information content (AvgIpc) is 3.01. The molecule has 2 N–H and O–H groups in total. The Morgan fingerprint density at radius 3 is 2.30 bits per heavy atom. The maximum atomic E-state index is 12.2. The molecule has 0 amide bonds. The third kappa shape index (κ3) is 9.02. The van der Waals surface area contributed by atoms with Crippen LogP contribution < -0.4 is 19.7 Å². The molecule has 43 heavy (non-hydrogen) atoms. The van der Waals surface area contributed by atoms with Crippen LogP contribution in [-0.4, -0.2) is 36.8 Å². The van der Waals surface area contributed by atoms with Gasteiger partial charge < -0.3 is 24.8 Å². The molecule has 224 valence electrons. The van der Waals surface area contributed by atoms with Crippen molar-refractivity contribution in [1.82, 2.24) is 0 Å². The third-order valence-corrected chi connectivity index (χ3v) is 8.06. The summed E-state index contributed by atoms with van der Waals surface area (Å²) in [6, 6.07) is 33.1. The number of hydrogen-bond acceptors (Lipinski definition) is 5. The minimum Gasteiger partial charge on any atom is -0.494 e. The Balaban J connectivity index is 1.12. The lowest BCUT2D eigenvalue weighted by atomic mass is 9.85. The quantitative estimate of drug-likeness (QED) is 0.132. The number of aliphatic carboxylic acids is 1. The zero-order valence-electron chi connectivity index (χ0n) is 25.0. The van der Waals surface area contributed by atoms with E-state index in [2.05, 4.69) is 41.4 Å². The fourth-order valence-electron chi connectivity index (χ4n) is 5.31. The molecule has 1 unspecified atom stereocenters. The number of aryl methyl sites for hydroxylation is 1. The third-order valence-electron chi connectivity index (χ3n) is 8.06. The van der Waals surface area contributed by atoms with Gasteiger partial charge in [0.15, 0.2) is 0 Å². The van der Waals surface area contributed by atoms with E-state index in [-0.39, 0.29) is 0 Å². The van der Waals surface area contributed by atoms with Gasteiger partial charge in [-0.3, -0.25) is 0 Å². The number of hydrogen-bond donors (Lipinski definition) is 2. The fourth-order valence-corrected chi connectivity index (χ4v) is 5.31. The molecule has 0 aliphatic heterocycles. The Morgan fingerprint density at radius 2 is 1.60 bits per heavy atom. The summed E-state index contributed by atoms with van der Waals surface area (Å²) in [5.41, 5.74) is 5.19. The van der Waals surface area contributed by atoms with Gasteiger partial charge in [-0.25, -0.2) is 4.79 Å². The highest BCUT2D eigenvalue weighted by Crippen LogP contribution is 2.29.